The van der Waals surface area contributed by atoms with Crippen molar-refractivity contribution in [2.45, 2.75) is 19.0 Å². The van der Waals surface area contributed by atoms with Gasteiger partial charge in [0.1, 0.15) is 11.2 Å². The molecule has 0 bridgehead atoms. The number of imide groups is 1. The molecule has 1 aromatic heterocycles. The molecule has 0 saturated carbocycles. The Morgan fingerprint density at radius 2 is 1.86 bits per heavy atom. The number of hydrogen-bond donors (Lipinski definition) is 1. The van der Waals surface area contributed by atoms with Gasteiger partial charge in [0.25, 0.3) is 5.91 Å². The van der Waals surface area contributed by atoms with Crippen molar-refractivity contribution < 1.29 is 23.6 Å². The summed E-state index contributed by atoms with van der Waals surface area (Å²) in [5, 5.41) is 6.79. The lowest BCUT2D eigenvalue weighted by Gasteiger charge is -2.22. The third-order valence-corrected chi connectivity index (χ3v) is 5.16. The second-order valence-electron chi connectivity index (χ2n) is 7.06. The normalized spacial score (nSPS) is 20.2. The number of aromatic nitrogens is 1. The topological polar surface area (TPSA) is 93.9 Å². The number of carbonyl (C=O) groups is 2. The van der Waals surface area contributed by atoms with Crippen LogP contribution in [-0.4, -0.2) is 28.8 Å². The van der Waals surface area contributed by atoms with Gasteiger partial charge in [-0.15, -0.1) is 0 Å². The molecule has 1 fully saturated rings. The highest BCUT2D eigenvalue weighted by Crippen LogP contribution is 2.38. The number of nitrogens with zero attached hydrogens (tertiary/aromatic N) is 2. The van der Waals surface area contributed by atoms with Gasteiger partial charge in [0.15, 0.2) is 17.3 Å². The van der Waals surface area contributed by atoms with Gasteiger partial charge in [-0.05, 0) is 24.6 Å². The van der Waals surface area contributed by atoms with Crippen LogP contribution in [0.15, 0.2) is 59.1 Å². The van der Waals surface area contributed by atoms with Crippen molar-refractivity contribution >= 4 is 11.9 Å². The standard InChI is InChI=1S/C21H17N3O5/c1-21(14-7-8-16-18(9-14)28-12-27-16)19(25)24(20(26)22-21)11-15-10-17(29-23-15)13-5-3-2-4-6-13/h2-10H,11-12H2,1H3,(H,22,26). The second-order valence-corrected chi connectivity index (χ2v) is 7.06. The van der Waals surface area contributed by atoms with Crippen LogP contribution in [-0.2, 0) is 16.9 Å². The van der Waals surface area contributed by atoms with Gasteiger partial charge in [0.05, 0.1) is 6.54 Å². The molecule has 29 heavy (non-hydrogen) atoms. The number of rotatable bonds is 4. The quantitative estimate of drug-likeness (QED) is 0.687. The Morgan fingerprint density at radius 3 is 2.69 bits per heavy atom. The summed E-state index contributed by atoms with van der Waals surface area (Å²) in [5.41, 5.74) is 0.771. The zero-order valence-electron chi connectivity index (χ0n) is 15.5. The van der Waals surface area contributed by atoms with Crippen LogP contribution in [0.3, 0.4) is 0 Å². The molecule has 1 saturated heterocycles. The Hall–Kier alpha value is -3.81. The maximum Gasteiger partial charge on any atom is 0.325 e. The van der Waals surface area contributed by atoms with Crippen LogP contribution in [0.1, 0.15) is 18.2 Å². The fourth-order valence-electron chi connectivity index (χ4n) is 3.53. The SMILES string of the molecule is CC1(c2ccc3c(c2)OCO3)NC(=O)N(Cc2cc(-c3ccccc3)on2)C1=O. The molecule has 8 heteroatoms. The van der Waals surface area contributed by atoms with Crippen LogP contribution in [0.4, 0.5) is 4.79 Å². The average Bonchev–Trinajstić information content (AvgIpc) is 3.44. The van der Waals surface area contributed by atoms with Gasteiger partial charge in [-0.25, -0.2) is 4.79 Å². The Kier molecular flexibility index (Phi) is 3.80. The molecule has 0 aliphatic carbocycles. The van der Waals surface area contributed by atoms with E-state index in [1.165, 1.54) is 0 Å². The lowest BCUT2D eigenvalue weighted by Crippen LogP contribution is -2.40. The van der Waals surface area contributed by atoms with E-state index in [2.05, 4.69) is 10.5 Å². The number of amides is 3. The minimum atomic E-state index is -1.20. The van der Waals surface area contributed by atoms with Gasteiger partial charge in [-0.2, -0.15) is 0 Å². The molecule has 1 N–H and O–H groups in total. The number of hydrogen-bond acceptors (Lipinski definition) is 6. The van der Waals surface area contributed by atoms with Gasteiger partial charge in [0.2, 0.25) is 6.79 Å². The summed E-state index contributed by atoms with van der Waals surface area (Å²) in [7, 11) is 0. The number of nitrogens with one attached hydrogen (secondary N) is 1. The fraction of sp³-hybridized carbons (Fsp3) is 0.190. The third kappa shape index (κ3) is 2.80. The minimum absolute atomic E-state index is 0.0150. The minimum Gasteiger partial charge on any atom is -0.454 e. The van der Waals surface area contributed by atoms with E-state index in [1.54, 1.807) is 31.2 Å². The third-order valence-electron chi connectivity index (χ3n) is 5.16. The fourth-order valence-corrected chi connectivity index (χ4v) is 3.53. The average molecular weight is 391 g/mol. The van der Waals surface area contributed by atoms with E-state index in [0.717, 1.165) is 10.5 Å². The molecular formula is C21H17N3O5. The first-order chi connectivity index (χ1) is 14.0. The summed E-state index contributed by atoms with van der Waals surface area (Å²) >= 11 is 0. The second kappa shape index (κ2) is 6.37. The van der Waals surface area contributed by atoms with E-state index in [-0.39, 0.29) is 19.2 Å². The maximum absolute atomic E-state index is 13.1. The number of fused-ring (bicyclic) bond motifs is 1. The monoisotopic (exact) mass is 391 g/mol. The van der Waals surface area contributed by atoms with Crippen LogP contribution < -0.4 is 14.8 Å². The van der Waals surface area contributed by atoms with E-state index in [1.807, 2.05) is 30.3 Å². The molecule has 2 aliphatic rings. The first-order valence-corrected chi connectivity index (χ1v) is 9.10. The summed E-state index contributed by atoms with van der Waals surface area (Å²) in [6.07, 6.45) is 0. The van der Waals surface area contributed by atoms with E-state index >= 15 is 0 Å². The Labute approximate surface area is 166 Å². The highest BCUT2D eigenvalue weighted by molar-refractivity contribution is 6.07. The van der Waals surface area contributed by atoms with Gasteiger partial charge >= 0.3 is 6.03 Å². The molecule has 3 amide bonds. The number of carbonyl (C=O) groups excluding carboxylic acids is 2. The maximum atomic E-state index is 13.1. The van der Waals surface area contributed by atoms with Crippen LogP contribution in [0.5, 0.6) is 11.5 Å². The van der Waals surface area contributed by atoms with Gasteiger partial charge in [-0.1, -0.05) is 41.6 Å². The van der Waals surface area contributed by atoms with Crippen molar-refractivity contribution in [2.75, 3.05) is 6.79 Å². The first-order valence-electron chi connectivity index (χ1n) is 9.10. The van der Waals surface area contributed by atoms with Crippen LogP contribution >= 0.6 is 0 Å². The summed E-state index contributed by atoms with van der Waals surface area (Å²) < 4.78 is 16.1. The zero-order chi connectivity index (χ0) is 20.0. The summed E-state index contributed by atoms with van der Waals surface area (Å²) in [6.45, 7) is 1.82. The van der Waals surface area contributed by atoms with Crippen LogP contribution in [0.25, 0.3) is 11.3 Å². The molecule has 2 aromatic carbocycles. The lowest BCUT2D eigenvalue weighted by atomic mass is 9.91. The summed E-state index contributed by atoms with van der Waals surface area (Å²) in [6, 6.07) is 15.9. The molecule has 8 nitrogen and oxygen atoms in total. The Balaban J connectivity index is 1.39. The molecule has 0 spiro atoms. The Morgan fingerprint density at radius 1 is 1.07 bits per heavy atom. The van der Waals surface area contributed by atoms with Crippen molar-refractivity contribution in [1.82, 2.24) is 15.4 Å². The van der Waals surface area contributed by atoms with Gasteiger partial charge in [-0.3, -0.25) is 9.69 Å². The largest absolute Gasteiger partial charge is 0.454 e. The highest BCUT2D eigenvalue weighted by atomic mass is 16.7. The predicted octanol–water partition coefficient (Wildman–Crippen LogP) is 3.04. The molecule has 146 valence electrons. The predicted molar refractivity (Wildman–Crippen MR) is 101 cm³/mol. The van der Waals surface area contributed by atoms with Crippen LogP contribution in [0, 0.1) is 0 Å². The highest BCUT2D eigenvalue weighted by Gasteiger charge is 2.49. The van der Waals surface area contributed by atoms with Crippen molar-refractivity contribution in [3.63, 3.8) is 0 Å². The van der Waals surface area contributed by atoms with Crippen LogP contribution in [0.2, 0.25) is 0 Å². The van der Waals surface area contributed by atoms with E-state index in [9.17, 15) is 9.59 Å². The molecule has 2 aliphatic heterocycles. The Bertz CT molecular complexity index is 1110. The molecular weight excluding hydrogens is 374 g/mol. The summed E-state index contributed by atoms with van der Waals surface area (Å²) in [4.78, 5) is 26.8. The van der Waals surface area contributed by atoms with E-state index < -0.39 is 11.6 Å². The number of urea groups is 1. The molecule has 3 heterocycles. The molecule has 1 atom stereocenters. The zero-order valence-corrected chi connectivity index (χ0v) is 15.5. The van der Waals surface area contributed by atoms with Crippen molar-refractivity contribution in [3.8, 4) is 22.8 Å². The first kappa shape index (κ1) is 17.3. The lowest BCUT2D eigenvalue weighted by molar-refractivity contribution is -0.131. The van der Waals surface area contributed by atoms with Crippen molar-refractivity contribution in [2.24, 2.45) is 0 Å². The van der Waals surface area contributed by atoms with E-state index in [0.29, 0.717) is 28.5 Å². The molecule has 3 aromatic rings. The summed E-state index contributed by atoms with van der Waals surface area (Å²) in [5.74, 6) is 1.37. The van der Waals surface area contributed by atoms with Gasteiger partial charge in [0, 0.05) is 11.6 Å². The number of benzene rings is 2. The molecule has 1 unspecified atom stereocenters. The van der Waals surface area contributed by atoms with Crippen molar-refractivity contribution in [1.29, 1.82) is 0 Å². The molecule has 5 rings (SSSR count). The molecule has 0 radical (unpaired) electrons. The smallest absolute Gasteiger partial charge is 0.325 e. The van der Waals surface area contributed by atoms with Crippen molar-refractivity contribution in [3.05, 3.63) is 65.9 Å². The van der Waals surface area contributed by atoms with Gasteiger partial charge < -0.3 is 19.3 Å². The number of ether oxygens (including phenoxy) is 2. The van der Waals surface area contributed by atoms with E-state index in [4.69, 9.17) is 14.0 Å².